The lowest BCUT2D eigenvalue weighted by atomic mass is 9.75. The topological polar surface area (TPSA) is 64.6 Å². The Morgan fingerprint density at radius 3 is 2.11 bits per heavy atom. The van der Waals surface area contributed by atoms with E-state index in [1.165, 1.54) is 87.8 Å². The van der Waals surface area contributed by atoms with Crippen molar-refractivity contribution in [3.63, 3.8) is 0 Å². The molecule has 10 aromatic rings. The van der Waals surface area contributed by atoms with Crippen molar-refractivity contribution in [2.45, 2.75) is 25.4 Å². The molecule has 5 heteroatoms. The van der Waals surface area contributed by atoms with Crippen LogP contribution in [0.15, 0.2) is 180 Å². The second-order valence-electron chi connectivity index (χ2n) is 17.9. The summed E-state index contributed by atoms with van der Waals surface area (Å²) in [7, 11) is 0. The van der Waals surface area contributed by atoms with Crippen LogP contribution in [0.1, 0.15) is 61.6 Å². The number of pyridine rings is 2. The van der Waals surface area contributed by atoms with Gasteiger partial charge in [-0.05, 0) is 99.6 Å². The average Bonchev–Trinajstić information content (AvgIpc) is 3.74. The highest BCUT2D eigenvalue weighted by atomic mass is 14.9. The van der Waals surface area contributed by atoms with Gasteiger partial charge >= 0.3 is 0 Å². The van der Waals surface area contributed by atoms with Crippen LogP contribution in [0.5, 0.6) is 0 Å². The first-order chi connectivity index (χ1) is 32.3. The zero-order chi connectivity index (χ0) is 42.3. The van der Waals surface area contributed by atoms with Crippen molar-refractivity contribution in [2.24, 2.45) is 9.98 Å². The largest absolute Gasteiger partial charge is 0.288 e. The maximum absolute atomic E-state index is 6.12. The van der Waals surface area contributed by atoms with Crippen LogP contribution in [0, 0.1) is 0 Å². The van der Waals surface area contributed by atoms with Crippen LogP contribution in [-0.4, -0.2) is 21.9 Å². The van der Waals surface area contributed by atoms with Gasteiger partial charge in [0.05, 0.1) is 30.2 Å². The number of rotatable bonds is 4. The molecule has 2 aromatic heterocycles. The van der Waals surface area contributed by atoms with Crippen molar-refractivity contribution in [1.82, 2.24) is 15.3 Å². The maximum atomic E-state index is 6.12. The molecule has 8 aromatic carbocycles. The van der Waals surface area contributed by atoms with E-state index in [0.717, 1.165) is 67.5 Å². The summed E-state index contributed by atoms with van der Waals surface area (Å²) in [5.41, 5.74) is 19.6. The van der Waals surface area contributed by atoms with Crippen molar-refractivity contribution >= 4 is 88.7 Å². The van der Waals surface area contributed by atoms with Crippen LogP contribution in [0.4, 0.5) is 5.69 Å². The number of hydrogen-bond donors (Lipinski definition) is 0. The maximum Gasteiger partial charge on any atom is 0.0820 e. The van der Waals surface area contributed by atoms with E-state index in [2.05, 4.69) is 157 Å². The summed E-state index contributed by atoms with van der Waals surface area (Å²) in [6, 6.07) is 46.7. The molecule has 0 saturated carbocycles. The molecule has 1 unspecified atom stereocenters. The Hall–Kier alpha value is -8.28. The van der Waals surface area contributed by atoms with Crippen molar-refractivity contribution in [3.8, 4) is 11.1 Å². The van der Waals surface area contributed by atoms with Gasteiger partial charge in [-0.3, -0.25) is 20.0 Å². The highest BCUT2D eigenvalue weighted by Crippen LogP contribution is 2.58. The molecule has 1 radical (unpaired) electrons. The highest BCUT2D eigenvalue weighted by Gasteiger charge is 2.40. The van der Waals surface area contributed by atoms with Crippen LogP contribution in [0.3, 0.4) is 0 Å². The van der Waals surface area contributed by atoms with E-state index >= 15 is 0 Å². The SMILES string of the molecule is C1=CC(C2=C(C3=CCc4cncc5cccc3c45)[N]c3c2c(-c2ccc4cccc5c4c2CN=C5)c2ccccc2c3C2=NCc3cccc4cccc2c34)c2cncc3cccc1c23. The molecule has 65 heavy (non-hydrogen) atoms. The molecule has 5 aliphatic rings. The number of allylic oxidation sites excluding steroid dienone is 4. The van der Waals surface area contributed by atoms with E-state index < -0.39 is 0 Å². The number of aromatic nitrogens is 2. The van der Waals surface area contributed by atoms with Gasteiger partial charge in [0.2, 0.25) is 0 Å². The van der Waals surface area contributed by atoms with Crippen molar-refractivity contribution in [2.75, 3.05) is 0 Å². The molecule has 0 amide bonds. The number of hydrogen-bond acceptors (Lipinski definition) is 4. The third kappa shape index (κ3) is 4.82. The van der Waals surface area contributed by atoms with E-state index in [-0.39, 0.29) is 5.92 Å². The molecular weight excluding hydrogens is 791 g/mol. The number of fused-ring (bicyclic) bond motifs is 2. The third-order valence-electron chi connectivity index (χ3n) is 14.7. The zero-order valence-corrected chi connectivity index (χ0v) is 35.2. The summed E-state index contributed by atoms with van der Waals surface area (Å²) in [6.07, 6.45) is 18.1. The van der Waals surface area contributed by atoms with E-state index in [1.807, 2.05) is 24.8 Å². The third-order valence-corrected chi connectivity index (χ3v) is 14.7. The predicted octanol–water partition coefficient (Wildman–Crippen LogP) is 13.6. The summed E-state index contributed by atoms with van der Waals surface area (Å²) in [4.78, 5) is 20.2. The second-order valence-corrected chi connectivity index (χ2v) is 17.9. The van der Waals surface area contributed by atoms with Gasteiger partial charge in [-0.25, -0.2) is 5.32 Å². The van der Waals surface area contributed by atoms with E-state index in [4.69, 9.17) is 20.3 Å². The van der Waals surface area contributed by atoms with E-state index in [9.17, 15) is 0 Å². The highest BCUT2D eigenvalue weighted by molar-refractivity contribution is 6.31. The first-order valence-corrected chi connectivity index (χ1v) is 22.5. The number of aliphatic imine (C=N–C) groups is 2. The first-order valence-electron chi connectivity index (χ1n) is 22.5. The molecule has 15 rings (SSSR count). The minimum Gasteiger partial charge on any atom is -0.288 e. The minimum atomic E-state index is -0.157. The summed E-state index contributed by atoms with van der Waals surface area (Å²) in [6.45, 7) is 1.20. The Labute approximate surface area is 374 Å². The molecule has 0 spiro atoms. The molecule has 0 bridgehead atoms. The second kappa shape index (κ2) is 13.1. The van der Waals surface area contributed by atoms with Gasteiger partial charge in [0.1, 0.15) is 0 Å². The smallest absolute Gasteiger partial charge is 0.0820 e. The van der Waals surface area contributed by atoms with Crippen LogP contribution < -0.4 is 5.32 Å². The van der Waals surface area contributed by atoms with Gasteiger partial charge in [0.25, 0.3) is 0 Å². The van der Waals surface area contributed by atoms with Crippen LogP contribution in [0.25, 0.3) is 82.2 Å². The lowest BCUT2D eigenvalue weighted by molar-refractivity contribution is 1.06. The van der Waals surface area contributed by atoms with Gasteiger partial charge in [0.15, 0.2) is 0 Å². The Balaban J connectivity index is 1.11. The first kappa shape index (κ1) is 35.2. The molecule has 0 N–H and O–H groups in total. The number of benzene rings is 8. The quantitative estimate of drug-likeness (QED) is 0.177. The fourth-order valence-electron chi connectivity index (χ4n) is 12.0. The normalized spacial score (nSPS) is 16.4. The van der Waals surface area contributed by atoms with Crippen molar-refractivity contribution in [1.29, 1.82) is 0 Å². The summed E-state index contributed by atoms with van der Waals surface area (Å²) < 4.78 is 0. The number of nitrogens with zero attached hydrogens (tertiary/aromatic N) is 5. The Bertz CT molecular complexity index is 4000. The molecule has 1 atom stereocenters. The van der Waals surface area contributed by atoms with Gasteiger partial charge in [-0.2, -0.15) is 0 Å². The molecule has 5 heterocycles. The summed E-state index contributed by atoms with van der Waals surface area (Å²) in [5, 5.41) is 18.2. The molecule has 2 aliphatic carbocycles. The Kier molecular flexibility index (Phi) is 7.11. The standard InChI is InChI=1S/C60H36N5/c1-2-17-42-41(16-1)54(44-23-20-34-9-4-12-36-27-62-31-48(44)51(34)36)57-55(45-24-21-35-10-5-13-37-28-63-32-49(45)52(35)37)59(46-25-22-40-29-61-26-38-15-7-18-43(46)53(38)40)65-60(57)56(42)58-47-19-6-11-33-8-3-14-39(30-64-58)50(33)47/h1-21,23-29,32,45H,22,30-31H2. The monoisotopic (exact) mass is 826 g/mol. The lowest BCUT2D eigenvalue weighted by Gasteiger charge is -2.28. The molecule has 3 aliphatic heterocycles. The molecule has 0 fully saturated rings. The molecule has 301 valence electrons. The van der Waals surface area contributed by atoms with Crippen molar-refractivity contribution in [3.05, 3.63) is 226 Å². The van der Waals surface area contributed by atoms with Gasteiger partial charge < -0.3 is 0 Å². The average molecular weight is 827 g/mol. The van der Waals surface area contributed by atoms with E-state index in [1.54, 1.807) is 0 Å². The van der Waals surface area contributed by atoms with E-state index in [0.29, 0.717) is 13.1 Å². The molecular formula is C60H36N5. The fraction of sp³-hybridized carbons (Fsp3) is 0.0667. The molecule has 5 nitrogen and oxygen atoms in total. The summed E-state index contributed by atoms with van der Waals surface area (Å²) in [5.74, 6) is -0.157. The molecule has 0 saturated heterocycles. The van der Waals surface area contributed by atoms with Gasteiger partial charge in [0, 0.05) is 75.5 Å². The van der Waals surface area contributed by atoms with Crippen LogP contribution in [0.2, 0.25) is 0 Å². The van der Waals surface area contributed by atoms with Crippen molar-refractivity contribution < 1.29 is 0 Å². The van der Waals surface area contributed by atoms with Crippen LogP contribution >= 0.6 is 0 Å². The minimum absolute atomic E-state index is 0.157. The van der Waals surface area contributed by atoms with Gasteiger partial charge in [-0.15, -0.1) is 0 Å². The lowest BCUT2D eigenvalue weighted by Crippen LogP contribution is -2.14. The Morgan fingerprint density at radius 1 is 0.508 bits per heavy atom. The zero-order valence-electron chi connectivity index (χ0n) is 35.2. The van der Waals surface area contributed by atoms with Gasteiger partial charge in [-0.1, -0.05) is 146 Å². The Morgan fingerprint density at radius 2 is 1.23 bits per heavy atom. The fourth-order valence-corrected chi connectivity index (χ4v) is 12.0. The summed E-state index contributed by atoms with van der Waals surface area (Å²) >= 11 is 0. The predicted molar refractivity (Wildman–Crippen MR) is 267 cm³/mol. The van der Waals surface area contributed by atoms with Crippen LogP contribution in [-0.2, 0) is 19.5 Å².